The number of ketones is 1. The molecular weight excluding hydrogens is 332 g/mol. The van der Waals surface area contributed by atoms with Crippen LogP contribution in [0.3, 0.4) is 0 Å². The van der Waals surface area contributed by atoms with Crippen LogP contribution in [0.4, 0.5) is 5.13 Å². The maximum Gasteiger partial charge on any atom is 0.257 e. The van der Waals surface area contributed by atoms with E-state index in [1.54, 1.807) is 12.1 Å². The highest BCUT2D eigenvalue weighted by Gasteiger charge is 2.30. The first-order chi connectivity index (χ1) is 12.2. The van der Waals surface area contributed by atoms with Gasteiger partial charge in [0.2, 0.25) is 0 Å². The lowest BCUT2D eigenvalue weighted by Crippen LogP contribution is -2.17. The van der Waals surface area contributed by atoms with Crippen LogP contribution < -0.4 is 5.32 Å². The minimum Gasteiger partial charge on any atom is -0.298 e. The molecule has 3 aromatic rings. The maximum atomic E-state index is 12.5. The molecule has 2 aromatic carbocycles. The molecule has 0 saturated heterocycles. The molecule has 1 N–H and O–H groups in total. The van der Waals surface area contributed by atoms with Gasteiger partial charge in [-0.05, 0) is 30.0 Å². The molecule has 0 radical (unpaired) electrons. The highest BCUT2D eigenvalue weighted by atomic mass is 32.1. The molecule has 0 unspecified atom stereocenters. The van der Waals surface area contributed by atoms with Crippen LogP contribution >= 0.6 is 11.3 Å². The van der Waals surface area contributed by atoms with Crippen molar-refractivity contribution < 1.29 is 9.59 Å². The molecule has 1 amide bonds. The van der Waals surface area contributed by atoms with Crippen LogP contribution in [0.15, 0.2) is 60.7 Å². The van der Waals surface area contributed by atoms with Crippen molar-refractivity contribution in [3.05, 3.63) is 82.4 Å². The average Bonchev–Trinajstić information content (AvgIpc) is 3.06. The van der Waals surface area contributed by atoms with Crippen LogP contribution in [0, 0.1) is 0 Å². The van der Waals surface area contributed by atoms with E-state index in [2.05, 4.69) is 10.3 Å². The van der Waals surface area contributed by atoms with Crippen molar-refractivity contribution in [2.45, 2.75) is 18.8 Å². The summed E-state index contributed by atoms with van der Waals surface area (Å²) in [6.45, 7) is 0. The molecule has 0 bridgehead atoms. The number of amides is 1. The van der Waals surface area contributed by atoms with Crippen LogP contribution in [0.25, 0.3) is 0 Å². The zero-order valence-electron chi connectivity index (χ0n) is 13.4. The molecule has 0 fully saturated rings. The first-order valence-corrected chi connectivity index (χ1v) is 8.96. The summed E-state index contributed by atoms with van der Waals surface area (Å²) in [5, 5.41) is 3.29. The Morgan fingerprint density at radius 2 is 1.68 bits per heavy atom. The summed E-state index contributed by atoms with van der Waals surface area (Å²) in [5.41, 5.74) is 2.52. The van der Waals surface area contributed by atoms with Gasteiger partial charge < -0.3 is 0 Å². The number of aromatic nitrogens is 1. The molecule has 1 aliphatic rings. The van der Waals surface area contributed by atoms with Crippen LogP contribution in [0.2, 0.25) is 0 Å². The third-order valence-corrected chi connectivity index (χ3v) is 5.40. The first kappa shape index (κ1) is 15.7. The number of hydrogen-bond donors (Lipinski definition) is 1. The molecule has 4 nitrogen and oxygen atoms in total. The molecule has 124 valence electrons. The monoisotopic (exact) mass is 348 g/mol. The standard InChI is InChI=1S/C20H16N2O2S/c23-17-12-15(13-7-3-1-4-8-13)11-16-18(17)25-20(21-16)22-19(24)14-9-5-2-6-10-14/h1-10,15H,11-12H2,(H,21,22,24)/t15-/m1/s1. The number of nitrogens with zero attached hydrogens (tertiary/aromatic N) is 1. The highest BCUT2D eigenvalue weighted by molar-refractivity contribution is 7.17. The predicted octanol–water partition coefficient (Wildman–Crippen LogP) is 4.31. The van der Waals surface area contributed by atoms with Crippen molar-refractivity contribution in [2.75, 3.05) is 5.32 Å². The molecule has 1 atom stereocenters. The summed E-state index contributed by atoms with van der Waals surface area (Å²) in [4.78, 5) is 29.9. The molecule has 1 aromatic heterocycles. The number of benzene rings is 2. The molecule has 4 rings (SSSR count). The molecule has 0 spiro atoms. The lowest BCUT2D eigenvalue weighted by atomic mass is 9.85. The van der Waals surface area contributed by atoms with E-state index in [1.807, 2.05) is 48.5 Å². The first-order valence-electron chi connectivity index (χ1n) is 8.15. The fourth-order valence-corrected chi connectivity index (χ4v) is 4.04. The summed E-state index contributed by atoms with van der Waals surface area (Å²) < 4.78 is 0. The van der Waals surface area contributed by atoms with E-state index in [0.29, 0.717) is 22.0 Å². The van der Waals surface area contributed by atoms with Gasteiger partial charge in [-0.3, -0.25) is 14.9 Å². The molecule has 0 aliphatic heterocycles. The lowest BCUT2D eigenvalue weighted by molar-refractivity contribution is 0.0967. The van der Waals surface area contributed by atoms with Gasteiger partial charge >= 0.3 is 0 Å². The number of carbonyl (C=O) groups excluding carboxylic acids is 2. The second kappa shape index (κ2) is 6.61. The molecular formula is C20H16N2O2S. The van der Waals surface area contributed by atoms with E-state index in [1.165, 1.54) is 11.3 Å². The Hall–Kier alpha value is -2.79. The van der Waals surface area contributed by atoms with Crippen molar-refractivity contribution in [3.8, 4) is 0 Å². The fraction of sp³-hybridized carbons (Fsp3) is 0.150. The Morgan fingerprint density at radius 3 is 2.40 bits per heavy atom. The predicted molar refractivity (Wildman–Crippen MR) is 98.3 cm³/mol. The Balaban J connectivity index is 1.55. The van der Waals surface area contributed by atoms with Crippen LogP contribution in [-0.4, -0.2) is 16.7 Å². The van der Waals surface area contributed by atoms with Gasteiger partial charge in [0.25, 0.3) is 5.91 Å². The summed E-state index contributed by atoms with van der Waals surface area (Å²) in [7, 11) is 0. The van der Waals surface area contributed by atoms with Crippen molar-refractivity contribution >= 4 is 28.2 Å². The normalized spacial score (nSPS) is 16.3. The van der Waals surface area contributed by atoms with Gasteiger partial charge in [0.15, 0.2) is 10.9 Å². The summed E-state index contributed by atoms with van der Waals surface area (Å²) >= 11 is 1.27. The molecule has 5 heteroatoms. The van der Waals surface area contributed by atoms with Gasteiger partial charge in [-0.1, -0.05) is 59.9 Å². The van der Waals surface area contributed by atoms with Crippen LogP contribution in [0.1, 0.15) is 43.6 Å². The van der Waals surface area contributed by atoms with Crippen LogP contribution in [-0.2, 0) is 6.42 Å². The number of thiazole rings is 1. The molecule has 1 aliphatic carbocycles. The molecule has 0 saturated carbocycles. The van der Waals surface area contributed by atoms with Crippen molar-refractivity contribution in [1.82, 2.24) is 4.98 Å². The van der Waals surface area contributed by atoms with E-state index < -0.39 is 0 Å². The van der Waals surface area contributed by atoms with E-state index in [4.69, 9.17) is 0 Å². The van der Waals surface area contributed by atoms with Crippen molar-refractivity contribution in [2.24, 2.45) is 0 Å². The topological polar surface area (TPSA) is 59.1 Å². The zero-order chi connectivity index (χ0) is 17.2. The fourth-order valence-electron chi connectivity index (χ4n) is 3.10. The lowest BCUT2D eigenvalue weighted by Gasteiger charge is -2.20. The SMILES string of the molecule is O=C(Nc1nc2c(s1)C(=O)C[C@H](c1ccccc1)C2)c1ccccc1. The van der Waals surface area contributed by atoms with Gasteiger partial charge in [-0.2, -0.15) is 0 Å². The number of carbonyl (C=O) groups is 2. The number of rotatable bonds is 3. The largest absolute Gasteiger partial charge is 0.298 e. The van der Waals surface area contributed by atoms with E-state index >= 15 is 0 Å². The van der Waals surface area contributed by atoms with Crippen molar-refractivity contribution in [3.63, 3.8) is 0 Å². The third-order valence-electron chi connectivity index (χ3n) is 4.35. The van der Waals surface area contributed by atoms with Gasteiger partial charge in [0.1, 0.15) is 0 Å². The second-order valence-corrected chi connectivity index (χ2v) is 7.05. The second-order valence-electron chi connectivity index (χ2n) is 6.05. The Labute approximate surface area is 149 Å². The van der Waals surface area contributed by atoms with Gasteiger partial charge in [-0.25, -0.2) is 4.98 Å². The summed E-state index contributed by atoms with van der Waals surface area (Å²) in [5.74, 6) is 0.0487. The van der Waals surface area contributed by atoms with E-state index in [9.17, 15) is 9.59 Å². The number of hydrogen-bond acceptors (Lipinski definition) is 4. The minimum absolute atomic E-state index is 0.104. The minimum atomic E-state index is -0.209. The number of anilines is 1. The Morgan fingerprint density at radius 1 is 1.00 bits per heavy atom. The van der Waals surface area contributed by atoms with Crippen LogP contribution in [0.5, 0.6) is 0 Å². The number of nitrogens with one attached hydrogen (secondary N) is 1. The van der Waals surface area contributed by atoms with E-state index in [0.717, 1.165) is 17.7 Å². The highest BCUT2D eigenvalue weighted by Crippen LogP contribution is 2.36. The average molecular weight is 348 g/mol. The number of Topliss-reactive ketones (excluding diaryl/α,β-unsaturated/α-hetero) is 1. The Kier molecular flexibility index (Phi) is 4.15. The van der Waals surface area contributed by atoms with Gasteiger partial charge in [-0.15, -0.1) is 0 Å². The summed E-state index contributed by atoms with van der Waals surface area (Å²) in [6, 6.07) is 19.0. The smallest absolute Gasteiger partial charge is 0.257 e. The van der Waals surface area contributed by atoms with Crippen molar-refractivity contribution in [1.29, 1.82) is 0 Å². The Bertz CT molecular complexity index is 919. The zero-order valence-corrected chi connectivity index (χ0v) is 14.3. The quantitative estimate of drug-likeness (QED) is 0.767. The van der Waals surface area contributed by atoms with E-state index in [-0.39, 0.29) is 17.6 Å². The van der Waals surface area contributed by atoms with Gasteiger partial charge in [0, 0.05) is 12.0 Å². The third kappa shape index (κ3) is 3.23. The maximum absolute atomic E-state index is 12.5. The molecule has 25 heavy (non-hydrogen) atoms. The summed E-state index contributed by atoms with van der Waals surface area (Å²) in [6.07, 6.45) is 1.22. The van der Waals surface area contributed by atoms with Gasteiger partial charge in [0.05, 0.1) is 10.6 Å². The molecule has 1 heterocycles. The number of fused-ring (bicyclic) bond motifs is 1.